The van der Waals surface area contributed by atoms with E-state index >= 15 is 0 Å². The number of hydrogen-bond acceptors (Lipinski definition) is 2. The highest BCUT2D eigenvalue weighted by Crippen LogP contribution is 2.25. The Morgan fingerprint density at radius 2 is 1.84 bits per heavy atom. The highest BCUT2D eigenvalue weighted by atomic mass is 35.5. The molecule has 0 aliphatic rings. The fourth-order valence-electron chi connectivity index (χ4n) is 1.86. The molecule has 0 amide bonds. The van der Waals surface area contributed by atoms with Crippen molar-refractivity contribution < 1.29 is 4.74 Å². The Morgan fingerprint density at radius 1 is 1.11 bits per heavy atom. The first-order valence-corrected chi connectivity index (χ1v) is 6.76. The molecule has 0 atom stereocenters. The molecule has 0 aromatic heterocycles. The first kappa shape index (κ1) is 13.8. The molecule has 0 saturated heterocycles. The van der Waals surface area contributed by atoms with Gasteiger partial charge in [-0.25, -0.2) is 0 Å². The van der Waals surface area contributed by atoms with Gasteiger partial charge >= 0.3 is 0 Å². The van der Waals surface area contributed by atoms with Crippen molar-refractivity contribution in [1.29, 1.82) is 0 Å². The number of halogens is 1. The van der Waals surface area contributed by atoms with Gasteiger partial charge in [0.05, 0.1) is 11.6 Å². The van der Waals surface area contributed by atoms with Crippen LogP contribution in [0.25, 0.3) is 0 Å². The Morgan fingerprint density at radius 3 is 2.58 bits per heavy atom. The summed E-state index contributed by atoms with van der Waals surface area (Å²) in [5, 5.41) is 0.665. The summed E-state index contributed by atoms with van der Waals surface area (Å²) in [6.07, 6.45) is 1.93. The van der Waals surface area contributed by atoms with Crippen molar-refractivity contribution in [3.63, 3.8) is 0 Å². The molecule has 2 aromatic carbocycles. The van der Waals surface area contributed by atoms with Crippen molar-refractivity contribution in [1.82, 2.24) is 0 Å². The second-order valence-corrected chi connectivity index (χ2v) is 5.03. The zero-order valence-corrected chi connectivity index (χ0v) is 11.8. The van der Waals surface area contributed by atoms with E-state index in [0.717, 1.165) is 29.8 Å². The zero-order chi connectivity index (χ0) is 13.7. The maximum atomic E-state index is 6.07. The van der Waals surface area contributed by atoms with E-state index in [1.807, 2.05) is 37.3 Å². The van der Waals surface area contributed by atoms with Crippen LogP contribution in [0, 0.1) is 6.92 Å². The molecule has 0 aliphatic heterocycles. The maximum absolute atomic E-state index is 6.07. The van der Waals surface area contributed by atoms with Crippen LogP contribution in [0.4, 0.5) is 5.69 Å². The molecule has 19 heavy (non-hydrogen) atoms. The van der Waals surface area contributed by atoms with Crippen LogP contribution < -0.4 is 10.5 Å². The Hall–Kier alpha value is -1.67. The summed E-state index contributed by atoms with van der Waals surface area (Å²) in [7, 11) is 0. The SMILES string of the molecule is Cc1ccc(Cl)c(OCCCc2ccc(N)cc2)c1. The lowest BCUT2D eigenvalue weighted by atomic mass is 10.1. The van der Waals surface area contributed by atoms with E-state index in [0.29, 0.717) is 11.6 Å². The molecule has 100 valence electrons. The third kappa shape index (κ3) is 4.18. The molecule has 2 N–H and O–H groups in total. The molecule has 0 radical (unpaired) electrons. The average Bonchev–Trinajstić information content (AvgIpc) is 2.40. The summed E-state index contributed by atoms with van der Waals surface area (Å²) < 4.78 is 5.71. The van der Waals surface area contributed by atoms with Gasteiger partial charge in [-0.2, -0.15) is 0 Å². The molecule has 2 rings (SSSR count). The molecule has 0 fully saturated rings. The molecule has 2 aromatic rings. The van der Waals surface area contributed by atoms with E-state index in [1.54, 1.807) is 0 Å². The Bertz CT molecular complexity index is 537. The van der Waals surface area contributed by atoms with Crippen LogP contribution in [0.1, 0.15) is 17.5 Å². The van der Waals surface area contributed by atoms with Crippen molar-refractivity contribution in [2.24, 2.45) is 0 Å². The van der Waals surface area contributed by atoms with Gasteiger partial charge in [0.25, 0.3) is 0 Å². The molecule has 0 unspecified atom stereocenters. The van der Waals surface area contributed by atoms with Crippen molar-refractivity contribution in [3.05, 3.63) is 58.6 Å². The summed E-state index contributed by atoms with van der Waals surface area (Å²) >= 11 is 6.07. The highest BCUT2D eigenvalue weighted by molar-refractivity contribution is 6.32. The van der Waals surface area contributed by atoms with Crippen molar-refractivity contribution >= 4 is 17.3 Å². The quantitative estimate of drug-likeness (QED) is 0.654. The number of nitrogen functional groups attached to an aromatic ring is 1. The van der Waals surface area contributed by atoms with Crippen molar-refractivity contribution in [2.75, 3.05) is 12.3 Å². The number of nitrogens with two attached hydrogens (primary N) is 1. The van der Waals surface area contributed by atoms with Crippen LogP contribution in [-0.2, 0) is 6.42 Å². The van der Waals surface area contributed by atoms with Crippen LogP contribution in [0.5, 0.6) is 5.75 Å². The van der Waals surface area contributed by atoms with Crippen LogP contribution in [0.15, 0.2) is 42.5 Å². The van der Waals surface area contributed by atoms with Gasteiger partial charge in [-0.05, 0) is 55.2 Å². The minimum atomic E-state index is 0.660. The van der Waals surface area contributed by atoms with Crippen LogP contribution in [0.2, 0.25) is 5.02 Å². The van der Waals surface area contributed by atoms with E-state index in [9.17, 15) is 0 Å². The van der Waals surface area contributed by atoms with E-state index < -0.39 is 0 Å². The van der Waals surface area contributed by atoms with Gasteiger partial charge in [-0.15, -0.1) is 0 Å². The molecular formula is C16H18ClNO. The summed E-state index contributed by atoms with van der Waals surface area (Å²) in [6, 6.07) is 13.8. The fourth-order valence-corrected chi connectivity index (χ4v) is 2.04. The lowest BCUT2D eigenvalue weighted by Crippen LogP contribution is -2.00. The van der Waals surface area contributed by atoms with Crippen molar-refractivity contribution in [2.45, 2.75) is 19.8 Å². The summed E-state index contributed by atoms with van der Waals surface area (Å²) in [5.41, 5.74) is 8.87. The molecule has 0 spiro atoms. The van der Waals surface area contributed by atoms with Crippen LogP contribution in [-0.4, -0.2) is 6.61 Å². The van der Waals surface area contributed by atoms with Crippen molar-refractivity contribution in [3.8, 4) is 5.75 Å². The minimum Gasteiger partial charge on any atom is -0.492 e. The lowest BCUT2D eigenvalue weighted by Gasteiger charge is -2.09. The number of hydrogen-bond donors (Lipinski definition) is 1. The normalized spacial score (nSPS) is 10.4. The van der Waals surface area contributed by atoms with Gasteiger partial charge < -0.3 is 10.5 Å². The molecule has 0 heterocycles. The first-order chi connectivity index (χ1) is 9.15. The van der Waals surface area contributed by atoms with Gasteiger partial charge in [-0.3, -0.25) is 0 Å². The Kier molecular flexibility index (Phi) is 4.69. The monoisotopic (exact) mass is 275 g/mol. The number of ether oxygens (including phenoxy) is 1. The predicted molar refractivity (Wildman–Crippen MR) is 80.9 cm³/mol. The number of rotatable bonds is 5. The molecule has 0 aliphatic carbocycles. The Labute approximate surface area is 119 Å². The van der Waals surface area contributed by atoms with Gasteiger partial charge in [0, 0.05) is 5.69 Å². The second-order valence-electron chi connectivity index (χ2n) is 4.63. The van der Waals surface area contributed by atoms with E-state index in [-0.39, 0.29) is 0 Å². The third-order valence-corrected chi connectivity index (χ3v) is 3.25. The standard InChI is InChI=1S/C16H18ClNO/c1-12-4-9-15(17)16(11-12)19-10-2-3-13-5-7-14(18)8-6-13/h4-9,11H,2-3,10,18H2,1H3. The molecular weight excluding hydrogens is 258 g/mol. The van der Waals surface area contributed by atoms with E-state index in [2.05, 4.69) is 12.1 Å². The third-order valence-electron chi connectivity index (χ3n) is 2.93. The summed E-state index contributed by atoms with van der Waals surface area (Å²) in [5.74, 6) is 0.763. The first-order valence-electron chi connectivity index (χ1n) is 6.38. The van der Waals surface area contributed by atoms with Gasteiger partial charge in [-0.1, -0.05) is 29.8 Å². The van der Waals surface area contributed by atoms with E-state index in [1.165, 1.54) is 5.56 Å². The van der Waals surface area contributed by atoms with Crippen LogP contribution in [0.3, 0.4) is 0 Å². The van der Waals surface area contributed by atoms with Crippen LogP contribution >= 0.6 is 11.6 Å². The van der Waals surface area contributed by atoms with Gasteiger partial charge in [0.1, 0.15) is 5.75 Å². The molecule has 2 nitrogen and oxygen atoms in total. The van der Waals surface area contributed by atoms with E-state index in [4.69, 9.17) is 22.1 Å². The maximum Gasteiger partial charge on any atom is 0.138 e. The zero-order valence-electron chi connectivity index (χ0n) is 11.0. The lowest BCUT2D eigenvalue weighted by molar-refractivity contribution is 0.311. The smallest absolute Gasteiger partial charge is 0.138 e. The van der Waals surface area contributed by atoms with Gasteiger partial charge in [0.2, 0.25) is 0 Å². The summed E-state index contributed by atoms with van der Waals surface area (Å²) in [4.78, 5) is 0. The van der Waals surface area contributed by atoms with Gasteiger partial charge in [0.15, 0.2) is 0 Å². The minimum absolute atomic E-state index is 0.660. The second kappa shape index (κ2) is 6.48. The molecule has 0 saturated carbocycles. The topological polar surface area (TPSA) is 35.2 Å². The number of benzene rings is 2. The highest BCUT2D eigenvalue weighted by Gasteiger charge is 2.01. The average molecular weight is 276 g/mol. The fraction of sp³-hybridized carbons (Fsp3) is 0.250. The predicted octanol–water partition coefficient (Wildman–Crippen LogP) is 4.24. The number of anilines is 1. The molecule has 3 heteroatoms. The Balaban J connectivity index is 1.80. The molecule has 0 bridgehead atoms. The largest absolute Gasteiger partial charge is 0.492 e. The summed E-state index contributed by atoms with van der Waals surface area (Å²) in [6.45, 7) is 2.69. The number of aryl methyl sites for hydroxylation is 2.